The van der Waals surface area contributed by atoms with Crippen molar-refractivity contribution in [2.45, 2.75) is 25.8 Å². The van der Waals surface area contributed by atoms with Gasteiger partial charge in [0.2, 0.25) is 0 Å². The quantitative estimate of drug-likeness (QED) is 0.251. The number of halogens is 3. The lowest BCUT2D eigenvalue weighted by Crippen LogP contribution is -2.27. The maximum atomic E-state index is 13.4. The molecule has 7 heteroatoms. The molecule has 0 spiro atoms. The van der Waals surface area contributed by atoms with Crippen LogP contribution in [0.1, 0.15) is 19.8 Å². The number of benzene rings is 1. The molecule has 0 amide bonds. The standard InChI is InChI=1S/C11H14F3N3O/c1-2-6(3-11(15)17-18)16-10-5-8(13)7(12)4-9(10)14/h4-6,16,18H,2-3H2,1H3,(H2,15,17). The van der Waals surface area contributed by atoms with Crippen LogP contribution in [-0.2, 0) is 0 Å². The zero-order valence-corrected chi connectivity index (χ0v) is 9.75. The van der Waals surface area contributed by atoms with E-state index in [0.29, 0.717) is 12.5 Å². The van der Waals surface area contributed by atoms with Gasteiger partial charge < -0.3 is 16.3 Å². The van der Waals surface area contributed by atoms with E-state index in [1.165, 1.54) is 0 Å². The van der Waals surface area contributed by atoms with Crippen LogP contribution in [0.4, 0.5) is 18.9 Å². The Hall–Kier alpha value is -1.92. The Morgan fingerprint density at radius 2 is 1.94 bits per heavy atom. The number of nitrogens with zero attached hydrogens (tertiary/aromatic N) is 1. The molecule has 0 aliphatic rings. The Balaban J connectivity index is 2.85. The Morgan fingerprint density at radius 3 is 2.50 bits per heavy atom. The zero-order valence-electron chi connectivity index (χ0n) is 9.75. The molecule has 1 aromatic carbocycles. The Bertz CT molecular complexity index is 451. The maximum absolute atomic E-state index is 13.4. The molecule has 0 saturated heterocycles. The summed E-state index contributed by atoms with van der Waals surface area (Å²) in [5, 5.41) is 13.9. The summed E-state index contributed by atoms with van der Waals surface area (Å²) in [5.41, 5.74) is 5.17. The number of nitrogens with one attached hydrogen (secondary N) is 1. The monoisotopic (exact) mass is 261 g/mol. The molecule has 4 nitrogen and oxygen atoms in total. The van der Waals surface area contributed by atoms with Gasteiger partial charge in [-0.3, -0.25) is 0 Å². The number of nitrogens with two attached hydrogens (primary N) is 1. The summed E-state index contributed by atoms with van der Waals surface area (Å²) in [6.45, 7) is 1.79. The second kappa shape index (κ2) is 6.13. The second-order valence-corrected chi connectivity index (χ2v) is 3.79. The first-order valence-electron chi connectivity index (χ1n) is 5.35. The minimum absolute atomic E-state index is 0.0302. The average molecular weight is 261 g/mol. The molecule has 0 fully saturated rings. The van der Waals surface area contributed by atoms with Crippen LogP contribution in [0.5, 0.6) is 0 Å². The fraction of sp³-hybridized carbons (Fsp3) is 0.364. The summed E-state index contributed by atoms with van der Waals surface area (Å²) in [7, 11) is 0. The van der Waals surface area contributed by atoms with Gasteiger partial charge in [-0.25, -0.2) is 13.2 Å². The molecule has 1 atom stereocenters. The molecular weight excluding hydrogens is 247 g/mol. The molecule has 4 N–H and O–H groups in total. The van der Waals surface area contributed by atoms with Gasteiger partial charge in [-0.2, -0.15) is 0 Å². The molecule has 0 aromatic heterocycles. The first-order valence-corrected chi connectivity index (χ1v) is 5.35. The predicted octanol–water partition coefficient (Wildman–Crippen LogP) is 2.43. The summed E-state index contributed by atoms with van der Waals surface area (Å²) in [4.78, 5) is 0. The van der Waals surface area contributed by atoms with E-state index in [9.17, 15) is 13.2 Å². The van der Waals surface area contributed by atoms with Crippen molar-refractivity contribution < 1.29 is 18.4 Å². The van der Waals surface area contributed by atoms with Crippen molar-refractivity contribution in [2.24, 2.45) is 10.9 Å². The van der Waals surface area contributed by atoms with E-state index in [-0.39, 0.29) is 24.0 Å². The first kappa shape index (κ1) is 14.1. The highest BCUT2D eigenvalue weighted by Crippen LogP contribution is 2.20. The van der Waals surface area contributed by atoms with Crippen molar-refractivity contribution in [3.8, 4) is 0 Å². The summed E-state index contributed by atoms with van der Waals surface area (Å²) >= 11 is 0. The van der Waals surface area contributed by atoms with Gasteiger partial charge in [0, 0.05) is 24.6 Å². The average Bonchev–Trinajstić information content (AvgIpc) is 2.34. The fourth-order valence-corrected chi connectivity index (χ4v) is 1.44. The van der Waals surface area contributed by atoms with Crippen LogP contribution < -0.4 is 11.1 Å². The minimum Gasteiger partial charge on any atom is -0.409 e. The van der Waals surface area contributed by atoms with Crippen molar-refractivity contribution in [1.29, 1.82) is 0 Å². The third-order valence-corrected chi connectivity index (χ3v) is 2.45. The van der Waals surface area contributed by atoms with E-state index >= 15 is 0 Å². The van der Waals surface area contributed by atoms with Gasteiger partial charge in [0.1, 0.15) is 11.7 Å². The van der Waals surface area contributed by atoms with Crippen LogP contribution >= 0.6 is 0 Å². The van der Waals surface area contributed by atoms with Crippen LogP contribution in [0.2, 0.25) is 0 Å². The largest absolute Gasteiger partial charge is 0.409 e. The third-order valence-electron chi connectivity index (χ3n) is 2.45. The van der Waals surface area contributed by atoms with E-state index in [0.717, 1.165) is 6.07 Å². The van der Waals surface area contributed by atoms with Crippen LogP contribution in [-0.4, -0.2) is 17.1 Å². The van der Waals surface area contributed by atoms with Crippen LogP contribution in [0.3, 0.4) is 0 Å². The lowest BCUT2D eigenvalue weighted by atomic mass is 10.1. The number of hydrogen-bond donors (Lipinski definition) is 3. The fourth-order valence-electron chi connectivity index (χ4n) is 1.44. The topological polar surface area (TPSA) is 70.6 Å². The molecule has 1 rings (SSSR count). The number of oxime groups is 1. The van der Waals surface area contributed by atoms with E-state index in [4.69, 9.17) is 10.9 Å². The molecule has 100 valence electrons. The van der Waals surface area contributed by atoms with Gasteiger partial charge in [0.15, 0.2) is 11.6 Å². The molecule has 1 unspecified atom stereocenters. The van der Waals surface area contributed by atoms with Gasteiger partial charge >= 0.3 is 0 Å². The predicted molar refractivity (Wildman–Crippen MR) is 62.0 cm³/mol. The highest BCUT2D eigenvalue weighted by Gasteiger charge is 2.14. The highest BCUT2D eigenvalue weighted by atomic mass is 19.2. The van der Waals surface area contributed by atoms with Gasteiger partial charge in [-0.15, -0.1) is 0 Å². The van der Waals surface area contributed by atoms with Crippen molar-refractivity contribution in [1.82, 2.24) is 0 Å². The number of anilines is 1. The van der Waals surface area contributed by atoms with Crippen LogP contribution in [0, 0.1) is 17.5 Å². The zero-order chi connectivity index (χ0) is 13.7. The van der Waals surface area contributed by atoms with Crippen LogP contribution in [0.15, 0.2) is 17.3 Å². The number of amidine groups is 1. The van der Waals surface area contributed by atoms with Crippen molar-refractivity contribution in [3.05, 3.63) is 29.6 Å². The van der Waals surface area contributed by atoms with E-state index in [2.05, 4.69) is 10.5 Å². The molecule has 18 heavy (non-hydrogen) atoms. The lowest BCUT2D eigenvalue weighted by Gasteiger charge is -2.18. The van der Waals surface area contributed by atoms with Gasteiger partial charge in [-0.1, -0.05) is 12.1 Å². The molecule has 0 bridgehead atoms. The van der Waals surface area contributed by atoms with E-state index in [1.54, 1.807) is 6.92 Å². The number of hydrogen-bond acceptors (Lipinski definition) is 3. The lowest BCUT2D eigenvalue weighted by molar-refractivity contribution is 0.316. The summed E-state index contributed by atoms with van der Waals surface area (Å²) < 4.78 is 39.1. The molecule has 0 saturated carbocycles. The Kier molecular flexibility index (Phi) is 4.82. The maximum Gasteiger partial charge on any atom is 0.161 e. The normalized spacial score (nSPS) is 13.4. The van der Waals surface area contributed by atoms with Crippen molar-refractivity contribution in [2.75, 3.05) is 5.32 Å². The van der Waals surface area contributed by atoms with Crippen molar-refractivity contribution in [3.63, 3.8) is 0 Å². The number of rotatable bonds is 5. The minimum atomic E-state index is -1.25. The molecule has 0 heterocycles. The highest BCUT2D eigenvalue weighted by molar-refractivity contribution is 5.80. The summed E-state index contributed by atoms with van der Waals surface area (Å²) in [6, 6.07) is 0.855. The van der Waals surface area contributed by atoms with Gasteiger partial charge in [-0.05, 0) is 6.42 Å². The smallest absolute Gasteiger partial charge is 0.161 e. The van der Waals surface area contributed by atoms with E-state index in [1.807, 2.05) is 0 Å². The third kappa shape index (κ3) is 3.54. The van der Waals surface area contributed by atoms with Gasteiger partial charge in [0.05, 0.1) is 5.69 Å². The molecule has 0 aliphatic heterocycles. The summed E-state index contributed by atoms with van der Waals surface area (Å²) in [5.74, 6) is -3.32. The first-order chi connectivity index (χ1) is 8.47. The van der Waals surface area contributed by atoms with Crippen molar-refractivity contribution >= 4 is 11.5 Å². The molecule has 0 aliphatic carbocycles. The molecular formula is C11H14F3N3O. The molecule has 0 radical (unpaired) electrons. The molecule has 1 aromatic rings. The summed E-state index contributed by atoms with van der Waals surface area (Å²) in [6.07, 6.45) is 0.695. The van der Waals surface area contributed by atoms with Gasteiger partial charge in [0.25, 0.3) is 0 Å². The Labute approximate surface area is 102 Å². The SMILES string of the molecule is CCC(CC(N)=NO)Nc1cc(F)c(F)cc1F. The second-order valence-electron chi connectivity index (χ2n) is 3.79. The Morgan fingerprint density at radius 1 is 1.33 bits per heavy atom. The van der Waals surface area contributed by atoms with E-state index < -0.39 is 17.5 Å². The van der Waals surface area contributed by atoms with Crippen LogP contribution in [0.25, 0.3) is 0 Å².